The quantitative estimate of drug-likeness (QED) is 0.166. The summed E-state index contributed by atoms with van der Waals surface area (Å²) >= 11 is 0. The van der Waals surface area contributed by atoms with Crippen LogP contribution in [0.1, 0.15) is 25.7 Å². The number of aliphatic carboxylic acids is 4. The molecule has 0 amide bonds. The molecule has 6 N–H and O–H groups in total. The first kappa shape index (κ1) is 39.7. The second kappa shape index (κ2) is 23.8. The highest BCUT2D eigenvalue weighted by Crippen LogP contribution is 2.04. The second-order valence-electron chi connectivity index (χ2n) is 12.3. The molecule has 2 bridgehead atoms. The summed E-state index contributed by atoms with van der Waals surface area (Å²) in [5, 5.41) is 43.6. The Hall–Kier alpha value is -2.44. The molecule has 0 aromatic heterocycles. The van der Waals surface area contributed by atoms with E-state index in [1.807, 2.05) is 0 Å². The lowest BCUT2D eigenvalue weighted by Crippen LogP contribution is -2.45. The van der Waals surface area contributed by atoms with Crippen LogP contribution in [0.3, 0.4) is 0 Å². The van der Waals surface area contributed by atoms with Crippen LogP contribution in [0.15, 0.2) is 0 Å². The zero-order valence-electron chi connectivity index (χ0n) is 27.5. The van der Waals surface area contributed by atoms with E-state index in [0.717, 1.165) is 13.1 Å². The van der Waals surface area contributed by atoms with Gasteiger partial charge < -0.3 is 40.9 Å². The van der Waals surface area contributed by atoms with Crippen LogP contribution in [-0.4, -0.2) is 218 Å². The Balaban J connectivity index is 0.000000383. The van der Waals surface area contributed by atoms with Crippen molar-refractivity contribution in [2.24, 2.45) is 0 Å². The number of rotatable bonds is 8. The molecule has 2 unspecified atom stereocenters. The second-order valence-corrected chi connectivity index (χ2v) is 12.3. The number of hydrogen-bond donors (Lipinski definition) is 6. The molecular weight excluding hydrogens is 600 g/mol. The van der Waals surface area contributed by atoms with E-state index in [-0.39, 0.29) is 26.2 Å². The minimum absolute atomic E-state index is 0.174. The minimum atomic E-state index is -0.979. The van der Waals surface area contributed by atoms with Gasteiger partial charge in [-0.2, -0.15) is 0 Å². The van der Waals surface area contributed by atoms with Gasteiger partial charge in [0, 0.05) is 91.6 Å². The van der Waals surface area contributed by atoms with Crippen LogP contribution >= 0.6 is 0 Å². The normalized spacial score (nSPS) is 24.9. The Bertz CT molecular complexity index is 767. The van der Waals surface area contributed by atoms with Gasteiger partial charge in [-0.1, -0.05) is 0 Å². The van der Waals surface area contributed by atoms with Gasteiger partial charge in [0.05, 0.1) is 26.2 Å². The highest BCUT2D eigenvalue weighted by Gasteiger charge is 2.19. The third-order valence-electron chi connectivity index (χ3n) is 8.40. The van der Waals surface area contributed by atoms with E-state index in [1.165, 1.54) is 65.2 Å². The smallest absolute Gasteiger partial charge is 0.317 e. The van der Waals surface area contributed by atoms with Gasteiger partial charge >= 0.3 is 23.9 Å². The summed E-state index contributed by atoms with van der Waals surface area (Å²) in [7, 11) is 0. The number of nitrogens with zero attached hydrogens (tertiary/aromatic N) is 6. The molecule has 0 aromatic rings. The molecule has 266 valence electrons. The van der Waals surface area contributed by atoms with E-state index in [4.69, 9.17) is 20.4 Å². The highest BCUT2D eigenvalue weighted by atomic mass is 16.4. The largest absolute Gasteiger partial charge is 0.480 e. The molecule has 3 saturated heterocycles. The lowest BCUT2D eigenvalue weighted by molar-refractivity contribution is -0.140. The van der Waals surface area contributed by atoms with Gasteiger partial charge in [0.1, 0.15) is 0 Å². The predicted octanol–water partition coefficient (Wildman–Crippen LogP) is -2.10. The molecule has 0 spiro atoms. The van der Waals surface area contributed by atoms with Crippen molar-refractivity contribution in [3.63, 3.8) is 0 Å². The lowest BCUT2D eigenvalue weighted by atomic mass is 10.2. The third kappa shape index (κ3) is 19.9. The number of carbonyl (C=O) groups is 4. The molecule has 0 saturated carbocycles. The predicted molar refractivity (Wildman–Crippen MR) is 173 cm³/mol. The average Bonchev–Trinajstić information content (AvgIpc) is 2.98. The Kier molecular flexibility index (Phi) is 20.6. The molecule has 3 fully saturated rings. The maximum Gasteiger partial charge on any atom is 0.317 e. The van der Waals surface area contributed by atoms with Gasteiger partial charge in [-0.15, -0.1) is 0 Å². The number of fused-ring (bicyclic) bond motifs is 3. The fraction of sp³-hybridized carbons (Fsp3) is 0.867. The van der Waals surface area contributed by atoms with Gasteiger partial charge in [-0.3, -0.25) is 38.8 Å². The first-order valence-corrected chi connectivity index (χ1v) is 16.7. The van der Waals surface area contributed by atoms with Crippen LogP contribution in [0.2, 0.25) is 0 Å². The van der Waals surface area contributed by atoms with Crippen molar-refractivity contribution < 1.29 is 39.6 Å². The molecule has 16 heteroatoms. The third-order valence-corrected chi connectivity index (χ3v) is 8.40. The standard InChI is InChI=1S/C18H32N4O8.C12H26N4/c23-15(24)11-19-3-1-4-20(12-16(25)26)8-10-22(14-18(29)30)6-2-5-21(9-7-19)13-17(27)28;1-3-13-5-10-16-8-2-4-14-6-9-15(7-1)11-12-16/h1-14H2,(H,23,24)(H,25,26)(H,27,28)(H,29,30);13-14H,1-12H2. The van der Waals surface area contributed by atoms with Gasteiger partial charge in [-0.05, 0) is 51.9 Å². The lowest BCUT2D eigenvalue weighted by Gasteiger charge is -2.30. The van der Waals surface area contributed by atoms with Crippen molar-refractivity contribution in [1.29, 1.82) is 0 Å². The van der Waals surface area contributed by atoms with Crippen molar-refractivity contribution >= 4 is 23.9 Å². The summed E-state index contributed by atoms with van der Waals surface area (Å²) in [6, 6.07) is 0. The first-order chi connectivity index (χ1) is 22.1. The van der Waals surface area contributed by atoms with Gasteiger partial charge in [0.15, 0.2) is 0 Å². The Morgan fingerprint density at radius 3 is 0.957 bits per heavy atom. The van der Waals surface area contributed by atoms with Gasteiger partial charge in [0.2, 0.25) is 0 Å². The maximum absolute atomic E-state index is 11.1. The molecule has 0 aliphatic carbocycles. The van der Waals surface area contributed by atoms with E-state index >= 15 is 0 Å². The average molecular weight is 659 g/mol. The number of carboxylic acid groups (broad SMARTS) is 4. The summed E-state index contributed by atoms with van der Waals surface area (Å²) < 4.78 is 0. The monoisotopic (exact) mass is 658 g/mol. The molecular formula is C30H58N8O8. The Labute approximate surface area is 273 Å². The van der Waals surface area contributed by atoms with Crippen molar-refractivity contribution in [2.75, 3.05) is 144 Å². The molecule has 3 heterocycles. The number of nitrogens with one attached hydrogen (secondary N) is 2. The fourth-order valence-corrected chi connectivity index (χ4v) is 5.98. The zero-order valence-corrected chi connectivity index (χ0v) is 27.5. The molecule has 2 atom stereocenters. The van der Waals surface area contributed by atoms with E-state index in [0.29, 0.717) is 65.2 Å². The summed E-state index contributed by atoms with van der Waals surface area (Å²) in [5.41, 5.74) is 0. The van der Waals surface area contributed by atoms with E-state index in [1.54, 1.807) is 19.6 Å². The highest BCUT2D eigenvalue weighted by molar-refractivity contribution is 5.70. The first-order valence-electron chi connectivity index (χ1n) is 16.7. The fourth-order valence-electron chi connectivity index (χ4n) is 5.98. The molecule has 0 aromatic carbocycles. The summed E-state index contributed by atoms with van der Waals surface area (Å²) in [4.78, 5) is 56.7. The van der Waals surface area contributed by atoms with Crippen molar-refractivity contribution in [3.05, 3.63) is 0 Å². The molecule has 0 radical (unpaired) electrons. The SMILES string of the molecule is C1CNCCN2CCCNCCN(C1)CC2.O=C(O)CN1CCCN(CC(=O)O)CCN(CC(=O)O)CCCN(CC(=O)O)CC1. The molecule has 3 rings (SSSR count). The summed E-state index contributed by atoms with van der Waals surface area (Å²) in [5.74, 6) is -3.92. The van der Waals surface area contributed by atoms with Crippen LogP contribution in [0.4, 0.5) is 0 Å². The maximum atomic E-state index is 11.1. The minimum Gasteiger partial charge on any atom is -0.480 e. The number of hydrogen-bond acceptors (Lipinski definition) is 12. The van der Waals surface area contributed by atoms with E-state index in [9.17, 15) is 19.2 Å². The van der Waals surface area contributed by atoms with Crippen LogP contribution in [0.25, 0.3) is 0 Å². The van der Waals surface area contributed by atoms with Crippen LogP contribution in [0, 0.1) is 0 Å². The Morgan fingerprint density at radius 1 is 0.370 bits per heavy atom. The van der Waals surface area contributed by atoms with Crippen molar-refractivity contribution in [1.82, 2.24) is 40.0 Å². The molecule has 3 aliphatic rings. The van der Waals surface area contributed by atoms with Crippen LogP contribution < -0.4 is 10.6 Å². The van der Waals surface area contributed by atoms with Crippen LogP contribution in [-0.2, 0) is 19.2 Å². The van der Waals surface area contributed by atoms with Crippen LogP contribution in [0.5, 0.6) is 0 Å². The van der Waals surface area contributed by atoms with Gasteiger partial charge in [-0.25, -0.2) is 0 Å². The molecule has 46 heavy (non-hydrogen) atoms. The molecule has 16 nitrogen and oxygen atoms in total. The van der Waals surface area contributed by atoms with E-state index in [2.05, 4.69) is 20.4 Å². The van der Waals surface area contributed by atoms with Crippen molar-refractivity contribution in [2.45, 2.75) is 25.7 Å². The summed E-state index contributed by atoms with van der Waals surface area (Å²) in [6.45, 7) is 14.6. The topological polar surface area (TPSA) is 193 Å². The molecule has 3 aliphatic heterocycles. The van der Waals surface area contributed by atoms with Crippen molar-refractivity contribution in [3.8, 4) is 0 Å². The summed E-state index contributed by atoms with van der Waals surface area (Å²) in [6.07, 6.45) is 3.66. The van der Waals surface area contributed by atoms with E-state index < -0.39 is 23.9 Å². The van der Waals surface area contributed by atoms with Gasteiger partial charge in [0.25, 0.3) is 0 Å². The Morgan fingerprint density at radius 2 is 0.674 bits per heavy atom. The zero-order chi connectivity index (χ0) is 33.6. The number of carboxylic acids is 4.